The fraction of sp³-hybridized carbons (Fsp3) is 0.357. The summed E-state index contributed by atoms with van der Waals surface area (Å²) >= 11 is 0. The molecule has 0 spiro atoms. The van der Waals surface area contributed by atoms with E-state index in [-0.39, 0.29) is 19.0 Å². The van der Waals surface area contributed by atoms with Gasteiger partial charge in [-0.2, -0.15) is 10.5 Å². The first-order valence-corrected chi connectivity index (χ1v) is 6.01. The molecule has 0 bridgehead atoms. The topological polar surface area (TPSA) is 93.9 Å². The zero-order valence-electron chi connectivity index (χ0n) is 10.6. The van der Waals surface area contributed by atoms with E-state index in [1.54, 1.807) is 0 Å². The van der Waals surface area contributed by atoms with Crippen molar-refractivity contribution in [1.29, 1.82) is 10.5 Å². The molecule has 0 unspecified atom stereocenters. The van der Waals surface area contributed by atoms with E-state index < -0.39 is 6.04 Å². The summed E-state index contributed by atoms with van der Waals surface area (Å²) in [5.74, 6) is -0.348. The molecule has 0 saturated heterocycles. The number of nitrogens with zero attached hydrogens (tertiary/aromatic N) is 3. The maximum atomic E-state index is 11.9. The van der Waals surface area contributed by atoms with Gasteiger partial charge in [-0.1, -0.05) is 30.3 Å². The van der Waals surface area contributed by atoms with Crippen LogP contribution in [0.3, 0.4) is 0 Å². The number of hydrogen-bond donors (Lipinski definition) is 1. The Balaban J connectivity index is 2.52. The van der Waals surface area contributed by atoms with Crippen LogP contribution in [0.2, 0.25) is 0 Å². The Kier molecular flexibility index (Phi) is 6.08. The van der Waals surface area contributed by atoms with Gasteiger partial charge in [0.25, 0.3) is 0 Å². The summed E-state index contributed by atoms with van der Waals surface area (Å²) in [5.41, 5.74) is 6.93. The van der Waals surface area contributed by atoms with Gasteiger partial charge < -0.3 is 10.6 Å². The molecule has 0 aliphatic rings. The van der Waals surface area contributed by atoms with E-state index in [9.17, 15) is 4.79 Å². The van der Waals surface area contributed by atoms with Gasteiger partial charge in [-0.15, -0.1) is 0 Å². The number of amides is 1. The first-order chi connectivity index (χ1) is 9.19. The normalized spacial score (nSPS) is 11.1. The van der Waals surface area contributed by atoms with Crippen LogP contribution in [-0.4, -0.2) is 29.9 Å². The van der Waals surface area contributed by atoms with E-state index in [0.29, 0.717) is 12.8 Å². The molecule has 1 aromatic rings. The maximum absolute atomic E-state index is 11.9. The highest BCUT2D eigenvalue weighted by Crippen LogP contribution is 2.06. The lowest BCUT2D eigenvalue weighted by molar-refractivity contribution is -0.131. The molecule has 0 aromatic heterocycles. The monoisotopic (exact) mass is 256 g/mol. The summed E-state index contributed by atoms with van der Waals surface area (Å²) in [6, 6.07) is 12.8. The number of benzene rings is 1. The zero-order chi connectivity index (χ0) is 14.1. The Morgan fingerprint density at radius 1 is 1.21 bits per heavy atom. The molecular weight excluding hydrogens is 240 g/mol. The highest BCUT2D eigenvalue weighted by molar-refractivity contribution is 5.82. The molecular formula is C14H16N4O. The molecule has 0 radical (unpaired) electrons. The molecule has 5 heteroatoms. The van der Waals surface area contributed by atoms with Gasteiger partial charge in [0, 0.05) is 0 Å². The number of nitriles is 2. The van der Waals surface area contributed by atoms with Gasteiger partial charge in [0.05, 0.1) is 18.2 Å². The van der Waals surface area contributed by atoms with E-state index in [2.05, 4.69) is 0 Å². The smallest absolute Gasteiger partial charge is 0.241 e. The number of carbonyl (C=O) groups excluding carboxylic acids is 1. The van der Waals surface area contributed by atoms with Gasteiger partial charge in [0.2, 0.25) is 5.91 Å². The van der Waals surface area contributed by atoms with Gasteiger partial charge in [0.15, 0.2) is 0 Å². The maximum Gasteiger partial charge on any atom is 0.241 e. The van der Waals surface area contributed by atoms with Gasteiger partial charge in [-0.25, -0.2) is 0 Å². The summed E-state index contributed by atoms with van der Waals surface area (Å²) < 4.78 is 0. The van der Waals surface area contributed by atoms with Gasteiger partial charge >= 0.3 is 0 Å². The van der Waals surface area contributed by atoms with Crippen LogP contribution in [-0.2, 0) is 11.2 Å². The Morgan fingerprint density at radius 2 is 1.79 bits per heavy atom. The van der Waals surface area contributed by atoms with Crippen LogP contribution >= 0.6 is 0 Å². The SMILES string of the molecule is N#CCN(CC#N)C(=O)[C@@H](N)CCc1ccccc1. The van der Waals surface area contributed by atoms with Crippen molar-refractivity contribution in [3.8, 4) is 12.1 Å². The Hall–Kier alpha value is -2.37. The summed E-state index contributed by atoms with van der Waals surface area (Å²) in [6.45, 7) is -0.211. The molecule has 0 aliphatic carbocycles. The van der Waals surface area contributed by atoms with Crippen LogP contribution in [0, 0.1) is 22.7 Å². The van der Waals surface area contributed by atoms with E-state index in [1.165, 1.54) is 4.90 Å². The van der Waals surface area contributed by atoms with Crippen molar-refractivity contribution in [1.82, 2.24) is 4.90 Å². The zero-order valence-corrected chi connectivity index (χ0v) is 10.6. The molecule has 1 aromatic carbocycles. The van der Waals surface area contributed by atoms with E-state index in [4.69, 9.17) is 16.3 Å². The minimum absolute atomic E-state index is 0.106. The molecule has 1 atom stereocenters. The van der Waals surface area contributed by atoms with Crippen molar-refractivity contribution in [2.75, 3.05) is 13.1 Å². The standard InChI is InChI=1S/C14H16N4O/c15-8-10-18(11-9-16)14(19)13(17)7-6-12-4-2-1-3-5-12/h1-5,13H,6-7,10-11,17H2/t13-/m0/s1. The van der Waals surface area contributed by atoms with Crippen molar-refractivity contribution in [2.24, 2.45) is 5.73 Å². The third kappa shape index (κ3) is 4.79. The van der Waals surface area contributed by atoms with E-state index >= 15 is 0 Å². The van der Waals surface area contributed by atoms with Crippen LogP contribution in [0.25, 0.3) is 0 Å². The van der Waals surface area contributed by atoms with Crippen molar-refractivity contribution in [2.45, 2.75) is 18.9 Å². The predicted molar refractivity (Wildman–Crippen MR) is 70.5 cm³/mol. The second kappa shape index (κ2) is 7.86. The summed E-state index contributed by atoms with van der Waals surface area (Å²) in [7, 11) is 0. The van der Waals surface area contributed by atoms with Crippen LogP contribution in [0.5, 0.6) is 0 Å². The molecule has 0 heterocycles. The first-order valence-electron chi connectivity index (χ1n) is 6.01. The molecule has 0 fully saturated rings. The lowest BCUT2D eigenvalue weighted by Gasteiger charge is -2.20. The molecule has 0 saturated carbocycles. The van der Waals surface area contributed by atoms with Crippen molar-refractivity contribution >= 4 is 5.91 Å². The van der Waals surface area contributed by atoms with Crippen molar-refractivity contribution in [3.05, 3.63) is 35.9 Å². The Morgan fingerprint density at radius 3 is 2.32 bits per heavy atom. The summed E-state index contributed by atoms with van der Waals surface area (Å²) in [4.78, 5) is 13.1. The third-order valence-corrected chi connectivity index (χ3v) is 2.74. The highest BCUT2D eigenvalue weighted by atomic mass is 16.2. The quantitative estimate of drug-likeness (QED) is 0.762. The second-order valence-electron chi connectivity index (χ2n) is 4.14. The lowest BCUT2D eigenvalue weighted by Crippen LogP contribution is -2.44. The van der Waals surface area contributed by atoms with Crippen molar-refractivity contribution < 1.29 is 4.79 Å². The number of hydrogen-bond acceptors (Lipinski definition) is 4. The minimum atomic E-state index is -0.679. The molecule has 19 heavy (non-hydrogen) atoms. The van der Waals surface area contributed by atoms with Gasteiger partial charge in [-0.05, 0) is 18.4 Å². The Bertz CT molecular complexity index is 470. The Labute approximate surface area is 112 Å². The van der Waals surface area contributed by atoms with Crippen LogP contribution < -0.4 is 5.73 Å². The average molecular weight is 256 g/mol. The molecule has 1 amide bonds. The van der Waals surface area contributed by atoms with E-state index in [1.807, 2.05) is 42.5 Å². The van der Waals surface area contributed by atoms with Crippen molar-refractivity contribution in [3.63, 3.8) is 0 Å². The molecule has 5 nitrogen and oxygen atoms in total. The number of nitrogens with two attached hydrogens (primary N) is 1. The first kappa shape index (κ1) is 14.7. The fourth-order valence-corrected chi connectivity index (χ4v) is 1.71. The van der Waals surface area contributed by atoms with Gasteiger partial charge in [0.1, 0.15) is 13.1 Å². The van der Waals surface area contributed by atoms with Crippen LogP contribution in [0.15, 0.2) is 30.3 Å². The number of carbonyl (C=O) groups is 1. The molecule has 1 rings (SSSR count). The highest BCUT2D eigenvalue weighted by Gasteiger charge is 2.20. The number of aryl methyl sites for hydroxylation is 1. The fourth-order valence-electron chi connectivity index (χ4n) is 1.71. The lowest BCUT2D eigenvalue weighted by atomic mass is 10.0. The largest absolute Gasteiger partial charge is 0.320 e. The summed E-state index contributed by atoms with van der Waals surface area (Å²) in [5, 5.41) is 17.2. The average Bonchev–Trinajstić information content (AvgIpc) is 2.45. The molecule has 0 aliphatic heterocycles. The third-order valence-electron chi connectivity index (χ3n) is 2.74. The molecule has 2 N–H and O–H groups in total. The summed E-state index contributed by atoms with van der Waals surface area (Å²) in [6.07, 6.45) is 1.19. The van der Waals surface area contributed by atoms with Gasteiger partial charge in [-0.3, -0.25) is 4.79 Å². The van der Waals surface area contributed by atoms with E-state index in [0.717, 1.165) is 5.56 Å². The van der Waals surface area contributed by atoms with Crippen LogP contribution in [0.4, 0.5) is 0 Å². The second-order valence-corrected chi connectivity index (χ2v) is 4.14. The van der Waals surface area contributed by atoms with Crippen LogP contribution in [0.1, 0.15) is 12.0 Å². The molecule has 98 valence electrons. The number of rotatable bonds is 6. The predicted octanol–water partition coefficient (Wildman–Crippen LogP) is 0.822. The minimum Gasteiger partial charge on any atom is -0.320 e.